The van der Waals surface area contributed by atoms with Crippen LogP contribution >= 0.6 is 0 Å². The van der Waals surface area contributed by atoms with E-state index in [0.717, 1.165) is 17.9 Å². The van der Waals surface area contributed by atoms with Crippen LogP contribution in [0.15, 0.2) is 48.5 Å². The van der Waals surface area contributed by atoms with Gasteiger partial charge in [-0.05, 0) is 36.8 Å². The number of aliphatic hydroxyl groups is 1. The van der Waals surface area contributed by atoms with Gasteiger partial charge >= 0.3 is 0 Å². The molecule has 0 amide bonds. The monoisotopic (exact) mass is 345 g/mol. The topological polar surface area (TPSA) is 41.9 Å². The number of morpholine rings is 1. The van der Waals surface area contributed by atoms with Gasteiger partial charge in [0.15, 0.2) is 0 Å². The summed E-state index contributed by atoms with van der Waals surface area (Å²) in [6.45, 7) is 4.70. The molecule has 2 aromatic carbocycles. The van der Waals surface area contributed by atoms with Gasteiger partial charge in [-0.15, -0.1) is 0 Å². The van der Waals surface area contributed by atoms with Gasteiger partial charge in [0.05, 0.1) is 12.7 Å². The van der Waals surface area contributed by atoms with Crippen LogP contribution in [0, 0.1) is 12.7 Å². The molecule has 0 aliphatic carbocycles. The maximum Gasteiger partial charge on any atom is 0.123 e. The average Bonchev–Trinajstić information content (AvgIpc) is 2.61. The van der Waals surface area contributed by atoms with Crippen LogP contribution in [-0.4, -0.2) is 49.0 Å². The highest BCUT2D eigenvalue weighted by molar-refractivity contribution is 5.26. The van der Waals surface area contributed by atoms with Gasteiger partial charge in [-0.1, -0.05) is 29.8 Å². The molecule has 0 radical (unpaired) electrons. The van der Waals surface area contributed by atoms with Crippen molar-refractivity contribution in [1.82, 2.24) is 4.90 Å². The molecule has 0 bridgehead atoms. The summed E-state index contributed by atoms with van der Waals surface area (Å²) in [7, 11) is 0. The Bertz CT molecular complexity index is 677. The van der Waals surface area contributed by atoms with E-state index in [4.69, 9.17) is 9.47 Å². The molecule has 1 aliphatic rings. The fourth-order valence-electron chi connectivity index (χ4n) is 2.95. The second-order valence-corrected chi connectivity index (χ2v) is 6.45. The first kappa shape index (κ1) is 17.9. The summed E-state index contributed by atoms with van der Waals surface area (Å²) >= 11 is 0. The molecule has 0 saturated carbocycles. The molecule has 3 rings (SSSR count). The quantitative estimate of drug-likeness (QED) is 0.874. The van der Waals surface area contributed by atoms with Crippen LogP contribution < -0.4 is 4.74 Å². The van der Waals surface area contributed by atoms with Crippen molar-refractivity contribution in [3.63, 3.8) is 0 Å². The van der Waals surface area contributed by atoms with Crippen LogP contribution in [0.1, 0.15) is 17.2 Å². The molecule has 25 heavy (non-hydrogen) atoms. The number of hydrogen-bond donors (Lipinski definition) is 1. The van der Waals surface area contributed by atoms with E-state index in [2.05, 4.69) is 4.90 Å². The van der Waals surface area contributed by atoms with Crippen LogP contribution in [0.5, 0.6) is 5.75 Å². The molecule has 1 fully saturated rings. The molecular formula is C20H24FNO3. The molecule has 5 heteroatoms. The molecule has 0 spiro atoms. The van der Waals surface area contributed by atoms with Gasteiger partial charge in [0, 0.05) is 19.6 Å². The van der Waals surface area contributed by atoms with Gasteiger partial charge in [-0.3, -0.25) is 4.90 Å². The number of ether oxygens (including phenoxy) is 2. The maximum absolute atomic E-state index is 13.4. The number of aryl methyl sites for hydroxylation is 1. The van der Waals surface area contributed by atoms with E-state index in [1.807, 2.05) is 37.3 Å². The van der Waals surface area contributed by atoms with Crippen molar-refractivity contribution in [3.05, 3.63) is 65.5 Å². The van der Waals surface area contributed by atoms with E-state index in [0.29, 0.717) is 19.7 Å². The van der Waals surface area contributed by atoms with Crippen molar-refractivity contribution >= 4 is 0 Å². The standard InChI is InChI=1S/C20H24FNO3/c1-15-5-7-19(8-6-15)25-14-18(23)12-22-9-10-24-20(13-22)16-3-2-4-17(21)11-16/h2-8,11,18,20,23H,9-10,12-14H2,1H3. The highest BCUT2D eigenvalue weighted by Gasteiger charge is 2.24. The number of nitrogens with zero attached hydrogens (tertiary/aromatic N) is 1. The third-order valence-corrected chi connectivity index (χ3v) is 4.30. The minimum absolute atomic E-state index is 0.172. The molecular weight excluding hydrogens is 321 g/mol. The summed E-state index contributed by atoms with van der Waals surface area (Å²) in [5, 5.41) is 10.3. The lowest BCUT2D eigenvalue weighted by atomic mass is 10.1. The van der Waals surface area contributed by atoms with E-state index < -0.39 is 6.10 Å². The second kappa shape index (κ2) is 8.43. The molecule has 0 aromatic heterocycles. The summed E-state index contributed by atoms with van der Waals surface area (Å²) in [6, 6.07) is 14.3. The smallest absolute Gasteiger partial charge is 0.123 e. The molecule has 2 unspecified atom stereocenters. The fraction of sp³-hybridized carbons (Fsp3) is 0.400. The Hall–Kier alpha value is -1.95. The van der Waals surface area contributed by atoms with Crippen molar-refractivity contribution in [2.75, 3.05) is 32.8 Å². The molecule has 4 nitrogen and oxygen atoms in total. The largest absolute Gasteiger partial charge is 0.491 e. The average molecular weight is 345 g/mol. The summed E-state index contributed by atoms with van der Waals surface area (Å²) in [6.07, 6.45) is -0.762. The zero-order valence-electron chi connectivity index (χ0n) is 14.4. The Balaban J connectivity index is 1.49. The SMILES string of the molecule is Cc1ccc(OCC(O)CN2CCOC(c3cccc(F)c3)C2)cc1. The minimum Gasteiger partial charge on any atom is -0.491 e. The van der Waals surface area contributed by atoms with Gasteiger partial charge < -0.3 is 14.6 Å². The summed E-state index contributed by atoms with van der Waals surface area (Å²) in [5.74, 6) is 0.494. The first-order chi connectivity index (χ1) is 12.1. The third-order valence-electron chi connectivity index (χ3n) is 4.30. The lowest BCUT2D eigenvalue weighted by molar-refractivity contribution is -0.0460. The van der Waals surface area contributed by atoms with Crippen molar-refractivity contribution in [2.24, 2.45) is 0 Å². The minimum atomic E-state index is -0.590. The van der Waals surface area contributed by atoms with Gasteiger partial charge in [0.2, 0.25) is 0 Å². The maximum atomic E-state index is 13.4. The number of rotatable bonds is 6. The zero-order valence-corrected chi connectivity index (χ0v) is 14.4. The van der Waals surface area contributed by atoms with Crippen LogP contribution in [0.2, 0.25) is 0 Å². The summed E-state index contributed by atoms with van der Waals surface area (Å²) < 4.78 is 24.8. The van der Waals surface area contributed by atoms with E-state index >= 15 is 0 Å². The van der Waals surface area contributed by atoms with E-state index in [-0.39, 0.29) is 18.5 Å². The van der Waals surface area contributed by atoms with Gasteiger partial charge in [-0.25, -0.2) is 4.39 Å². The van der Waals surface area contributed by atoms with E-state index in [9.17, 15) is 9.50 Å². The Morgan fingerprint density at radius 1 is 1.28 bits per heavy atom. The zero-order chi connectivity index (χ0) is 17.6. The summed E-state index contributed by atoms with van der Waals surface area (Å²) in [5.41, 5.74) is 2.00. The normalized spacial score (nSPS) is 19.6. The predicted octanol–water partition coefficient (Wildman–Crippen LogP) is 2.95. The van der Waals surface area contributed by atoms with Crippen LogP contribution in [0.25, 0.3) is 0 Å². The lowest BCUT2D eigenvalue weighted by Crippen LogP contribution is -2.43. The number of hydrogen-bond acceptors (Lipinski definition) is 4. The molecule has 134 valence electrons. The van der Waals surface area contributed by atoms with Crippen LogP contribution in [0.4, 0.5) is 4.39 Å². The summed E-state index contributed by atoms with van der Waals surface area (Å²) in [4.78, 5) is 2.13. The Kier molecular flexibility index (Phi) is 6.02. The molecule has 2 aromatic rings. The van der Waals surface area contributed by atoms with Crippen molar-refractivity contribution in [2.45, 2.75) is 19.1 Å². The first-order valence-electron chi connectivity index (χ1n) is 8.57. The Labute approximate surface area is 147 Å². The molecule has 1 saturated heterocycles. The lowest BCUT2D eigenvalue weighted by Gasteiger charge is -2.34. The van der Waals surface area contributed by atoms with Crippen LogP contribution in [0.3, 0.4) is 0 Å². The van der Waals surface area contributed by atoms with Gasteiger partial charge in [0.25, 0.3) is 0 Å². The number of aliphatic hydroxyl groups excluding tert-OH is 1. The predicted molar refractivity (Wildman–Crippen MR) is 94.2 cm³/mol. The number of β-amino-alcohol motifs (C(OH)–C–C–N with tert-alkyl or cyclic N) is 1. The van der Waals surface area contributed by atoms with Gasteiger partial charge in [-0.2, -0.15) is 0 Å². The Morgan fingerprint density at radius 3 is 2.84 bits per heavy atom. The highest BCUT2D eigenvalue weighted by Crippen LogP contribution is 2.23. The number of benzene rings is 2. The molecule has 1 N–H and O–H groups in total. The van der Waals surface area contributed by atoms with E-state index in [1.165, 1.54) is 17.7 Å². The highest BCUT2D eigenvalue weighted by atomic mass is 19.1. The molecule has 1 heterocycles. The van der Waals surface area contributed by atoms with E-state index in [1.54, 1.807) is 6.07 Å². The fourth-order valence-corrected chi connectivity index (χ4v) is 2.95. The van der Waals surface area contributed by atoms with Gasteiger partial charge in [0.1, 0.15) is 24.3 Å². The first-order valence-corrected chi connectivity index (χ1v) is 8.57. The molecule has 1 aliphatic heterocycles. The number of halogens is 1. The van der Waals surface area contributed by atoms with Crippen molar-refractivity contribution < 1.29 is 19.0 Å². The van der Waals surface area contributed by atoms with Crippen LogP contribution in [-0.2, 0) is 4.74 Å². The second-order valence-electron chi connectivity index (χ2n) is 6.45. The molecule has 2 atom stereocenters. The van der Waals surface area contributed by atoms with Crippen molar-refractivity contribution in [1.29, 1.82) is 0 Å². The third kappa shape index (κ3) is 5.26. The van der Waals surface area contributed by atoms with Crippen molar-refractivity contribution in [3.8, 4) is 5.75 Å². The Morgan fingerprint density at radius 2 is 2.08 bits per heavy atom.